The third-order valence-corrected chi connectivity index (χ3v) is 6.32. The molecule has 3 N–H and O–H groups in total. The maximum Gasteiger partial charge on any atom is 0.407 e. The molecule has 1 fully saturated rings. The zero-order chi connectivity index (χ0) is 25.3. The van der Waals surface area contributed by atoms with Gasteiger partial charge in [-0.3, -0.25) is 0 Å². The average Bonchev–Trinajstić information content (AvgIpc) is 3.44. The number of nitrogen functional groups attached to an aromatic ring is 1. The molecule has 2 aromatic carbocycles. The minimum atomic E-state index is -0.552. The number of hydrogen-bond acceptors (Lipinski definition) is 6. The number of ether oxygens (including phenoxy) is 2. The minimum Gasteiger partial charge on any atom is -0.457 e. The summed E-state index contributed by atoms with van der Waals surface area (Å²) in [6.07, 6.45) is 5.93. The summed E-state index contributed by atoms with van der Waals surface area (Å²) in [6, 6.07) is 17.5. The van der Waals surface area contributed by atoms with Gasteiger partial charge in [0.2, 0.25) is 0 Å². The van der Waals surface area contributed by atoms with Crippen molar-refractivity contribution in [1.29, 1.82) is 0 Å². The number of carbonyl (C=O) groups is 1. The predicted octanol–water partition coefficient (Wildman–Crippen LogP) is 6.09. The molecule has 8 heteroatoms. The van der Waals surface area contributed by atoms with Crippen LogP contribution in [-0.4, -0.2) is 32.3 Å². The lowest BCUT2D eigenvalue weighted by Gasteiger charge is -2.26. The maximum absolute atomic E-state index is 12.5. The number of benzene rings is 2. The number of anilines is 1. The molecule has 0 bridgehead atoms. The highest BCUT2D eigenvalue weighted by Gasteiger charge is 2.33. The van der Waals surface area contributed by atoms with Gasteiger partial charge in [-0.25, -0.2) is 14.8 Å². The van der Waals surface area contributed by atoms with Crippen molar-refractivity contribution in [3.05, 3.63) is 67.1 Å². The Bertz CT molecular complexity index is 1360. The van der Waals surface area contributed by atoms with E-state index in [9.17, 15) is 4.79 Å². The van der Waals surface area contributed by atoms with Crippen LogP contribution in [0.15, 0.2) is 67.1 Å². The van der Waals surface area contributed by atoms with Gasteiger partial charge in [-0.15, -0.1) is 0 Å². The lowest BCUT2D eigenvalue weighted by atomic mass is 10.1. The molecule has 0 aliphatic heterocycles. The van der Waals surface area contributed by atoms with Crippen LogP contribution >= 0.6 is 0 Å². The van der Waals surface area contributed by atoms with E-state index in [1.54, 1.807) is 0 Å². The van der Waals surface area contributed by atoms with Crippen molar-refractivity contribution in [2.24, 2.45) is 0 Å². The van der Waals surface area contributed by atoms with Crippen molar-refractivity contribution in [3.8, 4) is 22.6 Å². The highest BCUT2D eigenvalue weighted by molar-refractivity contribution is 6.00. The fraction of sp³-hybridized carbons (Fsp3) is 0.321. The van der Waals surface area contributed by atoms with Gasteiger partial charge in [0.05, 0.1) is 17.5 Å². The number of aromatic nitrogens is 3. The van der Waals surface area contributed by atoms with Crippen LogP contribution in [0.5, 0.6) is 11.5 Å². The Balaban J connectivity index is 1.46. The standard InChI is InChI=1S/C28H31N5O3/c1-28(2,3)36-27(34)32-22-10-7-11-23(22)33-16-21(24-25(29)30-17-31-26(24)33)18-12-14-20(15-13-18)35-19-8-5-4-6-9-19/h4-6,8-9,12-17,22-23H,7,10-11H2,1-3H3,(H,32,34)(H2,29,30,31). The molecule has 8 nitrogen and oxygen atoms in total. The van der Waals surface area contributed by atoms with E-state index in [1.807, 2.05) is 75.4 Å². The van der Waals surface area contributed by atoms with Crippen LogP contribution in [0.25, 0.3) is 22.2 Å². The van der Waals surface area contributed by atoms with Crippen molar-refractivity contribution in [2.75, 3.05) is 5.73 Å². The molecule has 1 saturated carbocycles. The zero-order valence-electron chi connectivity index (χ0n) is 20.8. The number of para-hydroxylation sites is 1. The Hall–Kier alpha value is -4.07. The van der Waals surface area contributed by atoms with Gasteiger partial charge in [0.25, 0.3) is 0 Å². The van der Waals surface area contributed by atoms with E-state index in [1.165, 1.54) is 6.33 Å². The largest absolute Gasteiger partial charge is 0.457 e. The summed E-state index contributed by atoms with van der Waals surface area (Å²) in [5.74, 6) is 1.95. The fourth-order valence-corrected chi connectivity index (χ4v) is 4.81. The smallest absolute Gasteiger partial charge is 0.407 e. The van der Waals surface area contributed by atoms with Crippen LogP contribution in [0.4, 0.5) is 10.6 Å². The molecule has 0 spiro atoms. The number of alkyl carbamates (subject to hydrolysis) is 1. The molecule has 0 saturated heterocycles. The molecule has 186 valence electrons. The number of fused-ring (bicyclic) bond motifs is 1. The number of amides is 1. The molecular formula is C28H31N5O3. The topological polar surface area (TPSA) is 104 Å². The minimum absolute atomic E-state index is 0.0313. The van der Waals surface area contributed by atoms with Crippen LogP contribution in [0.2, 0.25) is 0 Å². The Morgan fingerprint density at radius 2 is 1.75 bits per heavy atom. The van der Waals surface area contributed by atoms with Crippen LogP contribution in [-0.2, 0) is 4.74 Å². The van der Waals surface area contributed by atoms with E-state index in [0.29, 0.717) is 5.82 Å². The van der Waals surface area contributed by atoms with Crippen molar-refractivity contribution >= 4 is 22.9 Å². The Kier molecular flexibility index (Phi) is 6.26. The normalized spacial score (nSPS) is 17.8. The van der Waals surface area contributed by atoms with Crippen molar-refractivity contribution in [3.63, 3.8) is 0 Å². The Morgan fingerprint density at radius 3 is 2.47 bits per heavy atom. The lowest BCUT2D eigenvalue weighted by molar-refractivity contribution is 0.0495. The summed E-state index contributed by atoms with van der Waals surface area (Å²) in [7, 11) is 0. The van der Waals surface area contributed by atoms with E-state index in [4.69, 9.17) is 15.2 Å². The summed E-state index contributed by atoms with van der Waals surface area (Å²) in [5.41, 5.74) is 8.47. The molecule has 2 heterocycles. The molecule has 1 aliphatic rings. The van der Waals surface area contributed by atoms with Crippen LogP contribution in [0.3, 0.4) is 0 Å². The zero-order valence-corrected chi connectivity index (χ0v) is 20.8. The van der Waals surface area contributed by atoms with E-state index in [-0.39, 0.29) is 12.1 Å². The van der Waals surface area contributed by atoms with Gasteiger partial charge >= 0.3 is 6.09 Å². The average molecular weight is 486 g/mol. The molecule has 1 amide bonds. The number of nitrogens with zero attached hydrogens (tertiary/aromatic N) is 3. The number of carbonyl (C=O) groups excluding carboxylic acids is 1. The van der Waals surface area contributed by atoms with Crippen LogP contribution in [0.1, 0.15) is 46.1 Å². The Labute approximate surface area is 210 Å². The van der Waals surface area contributed by atoms with Crippen LogP contribution < -0.4 is 15.8 Å². The molecule has 0 radical (unpaired) electrons. The molecule has 1 aliphatic carbocycles. The van der Waals surface area contributed by atoms with Crippen molar-refractivity contribution in [2.45, 2.75) is 57.7 Å². The second-order valence-corrected chi connectivity index (χ2v) is 10.1. The monoisotopic (exact) mass is 485 g/mol. The van der Waals surface area contributed by atoms with Gasteiger partial charge in [0.1, 0.15) is 34.9 Å². The van der Waals surface area contributed by atoms with Crippen molar-refractivity contribution in [1.82, 2.24) is 19.9 Å². The highest BCUT2D eigenvalue weighted by Crippen LogP contribution is 2.39. The van der Waals surface area contributed by atoms with E-state index < -0.39 is 11.7 Å². The van der Waals surface area contributed by atoms with Crippen LogP contribution in [0, 0.1) is 0 Å². The first-order valence-electron chi connectivity index (χ1n) is 12.2. The molecule has 2 unspecified atom stereocenters. The first kappa shape index (κ1) is 23.7. The van der Waals surface area contributed by atoms with Crippen molar-refractivity contribution < 1.29 is 14.3 Å². The van der Waals surface area contributed by atoms with Gasteiger partial charge in [-0.2, -0.15) is 0 Å². The summed E-state index contributed by atoms with van der Waals surface area (Å²) in [5, 5.41) is 3.87. The van der Waals surface area contributed by atoms with Gasteiger partial charge < -0.3 is 25.1 Å². The summed E-state index contributed by atoms with van der Waals surface area (Å²) in [6.45, 7) is 5.58. The number of nitrogens with two attached hydrogens (primary N) is 1. The number of hydrogen-bond donors (Lipinski definition) is 2. The fourth-order valence-electron chi connectivity index (χ4n) is 4.81. The molecule has 2 aromatic heterocycles. The number of nitrogens with one attached hydrogen (secondary N) is 1. The quantitative estimate of drug-likeness (QED) is 0.354. The SMILES string of the molecule is CC(C)(C)OC(=O)NC1CCCC1n1cc(-c2ccc(Oc3ccccc3)cc2)c2c(N)ncnc21. The summed E-state index contributed by atoms with van der Waals surface area (Å²) in [4.78, 5) is 21.3. The maximum atomic E-state index is 12.5. The molecule has 36 heavy (non-hydrogen) atoms. The third-order valence-electron chi connectivity index (χ3n) is 6.32. The molecular weight excluding hydrogens is 454 g/mol. The number of rotatable bonds is 5. The first-order valence-corrected chi connectivity index (χ1v) is 12.2. The van der Waals surface area contributed by atoms with E-state index >= 15 is 0 Å². The molecule has 4 aromatic rings. The van der Waals surface area contributed by atoms with E-state index in [0.717, 1.165) is 52.9 Å². The highest BCUT2D eigenvalue weighted by atomic mass is 16.6. The molecule has 5 rings (SSSR count). The first-order chi connectivity index (χ1) is 17.3. The van der Waals surface area contributed by atoms with Gasteiger partial charge in [0.15, 0.2) is 0 Å². The third kappa shape index (κ3) is 4.98. The lowest BCUT2D eigenvalue weighted by Crippen LogP contribution is -2.41. The Morgan fingerprint density at radius 1 is 1.03 bits per heavy atom. The summed E-state index contributed by atoms with van der Waals surface area (Å²) < 4.78 is 13.6. The second-order valence-electron chi connectivity index (χ2n) is 10.1. The van der Waals surface area contributed by atoms with Gasteiger partial charge in [-0.1, -0.05) is 30.3 Å². The predicted molar refractivity (Wildman–Crippen MR) is 140 cm³/mol. The second kappa shape index (κ2) is 9.53. The van der Waals surface area contributed by atoms with E-state index in [2.05, 4.69) is 26.0 Å². The summed E-state index contributed by atoms with van der Waals surface area (Å²) >= 11 is 0. The van der Waals surface area contributed by atoms with Gasteiger partial charge in [0, 0.05) is 11.8 Å². The van der Waals surface area contributed by atoms with Gasteiger partial charge in [-0.05, 0) is 69.9 Å². The molecule has 2 atom stereocenters.